The molecule has 0 fully saturated rings. The van der Waals surface area contributed by atoms with Gasteiger partial charge in [0.25, 0.3) is 0 Å². The lowest BCUT2D eigenvalue weighted by Gasteiger charge is -2.18. The van der Waals surface area contributed by atoms with Gasteiger partial charge in [0.05, 0.1) is 0 Å². The fourth-order valence-corrected chi connectivity index (χ4v) is 1.92. The summed E-state index contributed by atoms with van der Waals surface area (Å²) < 4.78 is 0. The summed E-state index contributed by atoms with van der Waals surface area (Å²) in [6.45, 7) is 7.02. The number of hydrogen-bond acceptors (Lipinski definition) is 2. The van der Waals surface area contributed by atoms with Crippen molar-refractivity contribution in [1.82, 2.24) is 0 Å². The highest BCUT2D eigenvalue weighted by Gasteiger charge is 2.19. The zero-order valence-corrected chi connectivity index (χ0v) is 7.10. The van der Waals surface area contributed by atoms with Crippen molar-refractivity contribution in [3.05, 3.63) is 25.3 Å². The van der Waals surface area contributed by atoms with Gasteiger partial charge in [-0.25, -0.2) is 0 Å². The molecule has 0 saturated carbocycles. The summed E-state index contributed by atoms with van der Waals surface area (Å²) in [5, 5.41) is 21.5. The van der Waals surface area contributed by atoms with E-state index >= 15 is 0 Å². The smallest absolute Gasteiger partial charge is 0.127 e. The minimum atomic E-state index is -1.80. The number of thiocyanates is 2. The molecule has 0 spiro atoms. The molecule has 0 aliphatic heterocycles. The maximum atomic E-state index is 8.71. The van der Waals surface area contributed by atoms with E-state index in [0.717, 1.165) is 0 Å². The van der Waals surface area contributed by atoms with Crippen LogP contribution in [-0.2, 0) is 0 Å². The van der Waals surface area contributed by atoms with Crippen LogP contribution < -0.4 is 0 Å². The Balaban J connectivity index is 4.51. The second-order valence-corrected chi connectivity index (χ2v) is 4.78. The Hall–Kier alpha value is -1.19. The van der Waals surface area contributed by atoms with Gasteiger partial charge in [-0.05, 0) is 0 Å². The van der Waals surface area contributed by atoms with Gasteiger partial charge in [0.2, 0.25) is 0 Å². The molecule has 0 saturated heterocycles. The van der Waals surface area contributed by atoms with Crippen LogP contribution in [0.15, 0.2) is 25.3 Å². The first-order chi connectivity index (χ1) is 5.24. The molecule has 0 aromatic heterocycles. The first-order valence-electron chi connectivity index (χ1n) is 3.07. The summed E-state index contributed by atoms with van der Waals surface area (Å²) in [5.41, 5.74) is 0. The number of nitrogens with zero attached hydrogens (tertiary/aromatic N) is 2. The van der Waals surface area contributed by atoms with Crippen LogP contribution in [0.5, 0.6) is 0 Å². The van der Waals surface area contributed by atoms with Gasteiger partial charge in [0.15, 0.2) is 0 Å². The van der Waals surface area contributed by atoms with E-state index < -0.39 is 10.0 Å². The Morgan fingerprint density at radius 2 is 1.45 bits per heavy atom. The normalized spacial score (nSPS) is 10.7. The molecule has 0 heterocycles. The molecular weight excluding hydrogens is 156 g/mol. The van der Waals surface area contributed by atoms with Crippen LogP contribution >= 0.6 is 10.0 Å². The van der Waals surface area contributed by atoms with Crippen molar-refractivity contribution in [3.8, 4) is 10.8 Å². The van der Waals surface area contributed by atoms with Crippen molar-refractivity contribution in [2.45, 2.75) is 0 Å². The molecule has 0 rings (SSSR count). The fourth-order valence-electron chi connectivity index (χ4n) is 0.640. The topological polar surface area (TPSA) is 47.6 Å². The molecule has 2 nitrogen and oxygen atoms in total. The van der Waals surface area contributed by atoms with Crippen LogP contribution in [0.2, 0.25) is 0 Å². The lowest BCUT2D eigenvalue weighted by molar-refractivity contribution is 1.53. The maximum absolute atomic E-state index is 8.71. The van der Waals surface area contributed by atoms with Crippen LogP contribution in [0.4, 0.5) is 0 Å². The molecule has 0 unspecified atom stereocenters. The molecule has 0 radical (unpaired) electrons. The van der Waals surface area contributed by atoms with Gasteiger partial charge >= 0.3 is 0 Å². The molecule has 0 aromatic carbocycles. The summed E-state index contributed by atoms with van der Waals surface area (Å²) in [6.07, 6.45) is 3.23. The quantitative estimate of drug-likeness (QED) is 0.474. The molecule has 0 aromatic rings. The number of hydrogen-bond donors (Lipinski definition) is 0. The second-order valence-electron chi connectivity index (χ2n) is 1.98. The van der Waals surface area contributed by atoms with E-state index in [1.807, 2.05) is 10.8 Å². The summed E-state index contributed by atoms with van der Waals surface area (Å²) in [6, 6.07) is 0. The van der Waals surface area contributed by atoms with Crippen LogP contribution in [0.1, 0.15) is 0 Å². The Bertz CT molecular complexity index is 205. The Morgan fingerprint density at radius 3 is 1.64 bits per heavy atom. The molecular formula is C8H10N2S. The summed E-state index contributed by atoms with van der Waals surface area (Å²) >= 11 is 0. The van der Waals surface area contributed by atoms with Crippen LogP contribution in [0.3, 0.4) is 0 Å². The molecule has 0 amide bonds. The zero-order valence-electron chi connectivity index (χ0n) is 6.29. The van der Waals surface area contributed by atoms with E-state index in [1.54, 1.807) is 12.2 Å². The summed E-state index contributed by atoms with van der Waals surface area (Å²) in [7, 11) is -1.80. The second kappa shape index (κ2) is 4.60. The number of rotatable bonds is 4. The minimum Gasteiger partial charge on any atom is -0.186 e. The average molecular weight is 166 g/mol. The van der Waals surface area contributed by atoms with Crippen molar-refractivity contribution in [3.63, 3.8) is 0 Å². The Labute approximate surface area is 68.8 Å². The van der Waals surface area contributed by atoms with Gasteiger partial charge in [-0.15, -0.1) is 13.2 Å². The highest BCUT2D eigenvalue weighted by Crippen LogP contribution is 2.45. The van der Waals surface area contributed by atoms with E-state index in [2.05, 4.69) is 13.2 Å². The van der Waals surface area contributed by atoms with E-state index in [0.29, 0.717) is 11.5 Å². The van der Waals surface area contributed by atoms with E-state index in [-0.39, 0.29) is 0 Å². The van der Waals surface area contributed by atoms with Gasteiger partial charge in [-0.3, -0.25) is 0 Å². The maximum Gasteiger partial charge on any atom is 0.127 e. The fraction of sp³-hybridized carbons (Fsp3) is 0.250. The third-order valence-electron chi connectivity index (χ3n) is 1.15. The van der Waals surface area contributed by atoms with Crippen LogP contribution in [0, 0.1) is 21.3 Å². The van der Waals surface area contributed by atoms with Gasteiger partial charge in [-0.2, -0.15) is 10.5 Å². The molecule has 0 bridgehead atoms. The van der Waals surface area contributed by atoms with Crippen molar-refractivity contribution in [2.24, 2.45) is 0 Å². The van der Waals surface area contributed by atoms with Crippen LogP contribution in [0.25, 0.3) is 0 Å². The molecule has 0 atom stereocenters. The van der Waals surface area contributed by atoms with Crippen molar-refractivity contribution in [1.29, 1.82) is 10.5 Å². The predicted molar refractivity (Wildman–Crippen MR) is 48.9 cm³/mol. The Kier molecular flexibility index (Phi) is 4.10. The van der Waals surface area contributed by atoms with E-state index in [1.165, 1.54) is 0 Å². The molecule has 3 heteroatoms. The Morgan fingerprint density at radius 1 is 1.09 bits per heavy atom. The third-order valence-corrected chi connectivity index (χ3v) is 3.46. The standard InChI is InChI=1S/C8H10N2S/c1-3-5-11(7-9,8-10)6-4-2/h3-4H,1-2,5-6H2. The average Bonchev–Trinajstić information content (AvgIpc) is 2.04. The summed E-state index contributed by atoms with van der Waals surface area (Å²) in [5.74, 6) is 0.956. The monoisotopic (exact) mass is 166 g/mol. The van der Waals surface area contributed by atoms with Gasteiger partial charge in [0, 0.05) is 11.5 Å². The molecule has 0 aliphatic rings. The third kappa shape index (κ3) is 2.49. The van der Waals surface area contributed by atoms with Gasteiger partial charge in [0.1, 0.15) is 10.8 Å². The number of nitriles is 2. The van der Waals surface area contributed by atoms with Crippen molar-refractivity contribution in [2.75, 3.05) is 11.5 Å². The summed E-state index contributed by atoms with van der Waals surface area (Å²) in [4.78, 5) is 0. The molecule has 0 aliphatic carbocycles. The molecule has 0 N–H and O–H groups in total. The largest absolute Gasteiger partial charge is 0.186 e. The minimum absolute atomic E-state index is 0.478. The lowest BCUT2D eigenvalue weighted by atomic mass is 10.8. The first-order valence-corrected chi connectivity index (χ1v) is 5.04. The first kappa shape index (κ1) is 9.81. The van der Waals surface area contributed by atoms with Gasteiger partial charge < -0.3 is 0 Å². The van der Waals surface area contributed by atoms with Crippen molar-refractivity contribution >= 4 is 10.0 Å². The van der Waals surface area contributed by atoms with Crippen LogP contribution in [-0.4, -0.2) is 11.5 Å². The van der Waals surface area contributed by atoms with Gasteiger partial charge in [-0.1, -0.05) is 22.2 Å². The van der Waals surface area contributed by atoms with E-state index in [4.69, 9.17) is 10.5 Å². The zero-order chi connectivity index (χ0) is 8.74. The molecule has 58 valence electrons. The predicted octanol–water partition coefficient (Wildman–Crippen LogP) is 2.13. The highest BCUT2D eigenvalue weighted by atomic mass is 32.3. The highest BCUT2D eigenvalue weighted by molar-refractivity contribution is 8.41. The lowest BCUT2D eigenvalue weighted by Crippen LogP contribution is -2.00. The molecule has 11 heavy (non-hydrogen) atoms. The van der Waals surface area contributed by atoms with Crippen molar-refractivity contribution < 1.29 is 0 Å². The van der Waals surface area contributed by atoms with E-state index in [9.17, 15) is 0 Å². The SMILES string of the molecule is C=CCS(C#N)(C#N)CC=C.